The summed E-state index contributed by atoms with van der Waals surface area (Å²) in [6, 6.07) is 2.94. The zero-order valence-electron chi connectivity index (χ0n) is 7.94. The third-order valence-corrected chi connectivity index (χ3v) is 2.15. The molecule has 0 atom stereocenters. The zero-order chi connectivity index (χ0) is 11.0. The number of hydrogen-bond acceptors (Lipinski definition) is 4. The lowest BCUT2D eigenvalue weighted by Gasteiger charge is -2.19. The minimum atomic E-state index is -0.532. The monoisotopic (exact) mass is 208 g/mol. The number of nitrogens with one attached hydrogen (secondary N) is 1. The van der Waals surface area contributed by atoms with E-state index in [1.165, 1.54) is 6.07 Å². The number of nitro benzene ring substituents is 1. The molecule has 0 fully saturated rings. The van der Waals surface area contributed by atoms with Gasteiger partial charge in [0.2, 0.25) is 5.75 Å². The molecule has 1 aliphatic heterocycles. The van der Waals surface area contributed by atoms with Crippen LogP contribution >= 0.6 is 0 Å². The van der Waals surface area contributed by atoms with E-state index in [0.29, 0.717) is 5.69 Å². The summed E-state index contributed by atoms with van der Waals surface area (Å²) < 4.78 is 5.06. The van der Waals surface area contributed by atoms with Gasteiger partial charge in [-0.25, -0.2) is 0 Å². The van der Waals surface area contributed by atoms with Crippen LogP contribution in [0.3, 0.4) is 0 Å². The van der Waals surface area contributed by atoms with Gasteiger partial charge in [-0.15, -0.1) is 0 Å². The molecule has 1 heterocycles. The molecule has 1 aliphatic rings. The average Bonchev–Trinajstić information content (AvgIpc) is 2.19. The third kappa shape index (κ3) is 1.50. The van der Waals surface area contributed by atoms with E-state index in [0.717, 1.165) is 5.56 Å². The summed E-state index contributed by atoms with van der Waals surface area (Å²) >= 11 is 0. The summed E-state index contributed by atoms with van der Waals surface area (Å²) in [5, 5.41) is 13.2. The fraction of sp³-hybridized carbons (Fsp3) is 0.222. The molecule has 0 bridgehead atoms. The second-order valence-corrected chi connectivity index (χ2v) is 3.20. The number of anilines is 1. The maximum atomic E-state index is 11.1. The summed E-state index contributed by atoms with van der Waals surface area (Å²) in [7, 11) is 0. The molecule has 0 saturated carbocycles. The van der Waals surface area contributed by atoms with E-state index in [-0.39, 0.29) is 24.0 Å². The number of aryl methyl sites for hydroxylation is 1. The molecule has 0 aliphatic carbocycles. The number of carbonyl (C=O) groups excluding carboxylic acids is 1. The smallest absolute Gasteiger partial charge is 0.313 e. The Hall–Kier alpha value is -2.11. The summed E-state index contributed by atoms with van der Waals surface area (Å²) in [4.78, 5) is 21.2. The van der Waals surface area contributed by atoms with E-state index in [1.807, 2.05) is 0 Å². The standard InChI is InChI=1S/C9H8N2O4/c1-5-2-3-6(11(13)14)9-8(5)10-7(12)4-15-9/h2-3H,4H2,1H3,(H,10,12). The number of rotatable bonds is 1. The molecule has 1 aromatic rings. The van der Waals surface area contributed by atoms with Crippen molar-refractivity contribution in [2.75, 3.05) is 11.9 Å². The third-order valence-electron chi connectivity index (χ3n) is 2.15. The highest BCUT2D eigenvalue weighted by atomic mass is 16.6. The van der Waals surface area contributed by atoms with Gasteiger partial charge < -0.3 is 10.1 Å². The van der Waals surface area contributed by atoms with Crippen LogP contribution in [0.15, 0.2) is 12.1 Å². The lowest BCUT2D eigenvalue weighted by Crippen LogP contribution is -2.26. The first-order chi connectivity index (χ1) is 7.09. The number of hydrogen-bond donors (Lipinski definition) is 1. The number of benzene rings is 1. The molecular weight excluding hydrogens is 200 g/mol. The van der Waals surface area contributed by atoms with Crippen LogP contribution in [0.5, 0.6) is 5.75 Å². The van der Waals surface area contributed by atoms with E-state index in [2.05, 4.69) is 5.32 Å². The van der Waals surface area contributed by atoms with E-state index in [9.17, 15) is 14.9 Å². The SMILES string of the molecule is Cc1ccc([N+](=O)[O-])c2c1NC(=O)CO2. The van der Waals surface area contributed by atoms with Crippen molar-refractivity contribution in [1.82, 2.24) is 0 Å². The van der Waals surface area contributed by atoms with Crippen LogP contribution < -0.4 is 10.1 Å². The van der Waals surface area contributed by atoms with Crippen molar-refractivity contribution >= 4 is 17.3 Å². The van der Waals surface area contributed by atoms with Crippen molar-refractivity contribution in [1.29, 1.82) is 0 Å². The molecule has 1 amide bonds. The van der Waals surface area contributed by atoms with Gasteiger partial charge in [0.05, 0.1) is 10.6 Å². The first-order valence-corrected chi connectivity index (χ1v) is 4.30. The molecule has 0 spiro atoms. The summed E-state index contributed by atoms with van der Waals surface area (Å²) in [6.07, 6.45) is 0. The zero-order valence-corrected chi connectivity index (χ0v) is 7.94. The Balaban J connectivity index is 2.60. The van der Waals surface area contributed by atoms with Gasteiger partial charge >= 0.3 is 5.69 Å². The molecule has 15 heavy (non-hydrogen) atoms. The van der Waals surface area contributed by atoms with Gasteiger partial charge in [0, 0.05) is 6.07 Å². The Morgan fingerprint density at radius 1 is 1.53 bits per heavy atom. The fourth-order valence-electron chi connectivity index (χ4n) is 1.43. The maximum absolute atomic E-state index is 11.1. The van der Waals surface area contributed by atoms with Gasteiger partial charge in [0.1, 0.15) is 0 Å². The topological polar surface area (TPSA) is 81.5 Å². The second kappa shape index (κ2) is 3.23. The highest BCUT2D eigenvalue weighted by Gasteiger charge is 2.26. The Morgan fingerprint density at radius 2 is 2.27 bits per heavy atom. The Morgan fingerprint density at radius 3 is 2.93 bits per heavy atom. The van der Waals surface area contributed by atoms with Gasteiger partial charge in [-0.1, -0.05) is 6.07 Å². The molecule has 0 aromatic heterocycles. The first-order valence-electron chi connectivity index (χ1n) is 4.30. The summed E-state index contributed by atoms with van der Waals surface area (Å²) in [5.74, 6) is -0.161. The van der Waals surface area contributed by atoms with Crippen LogP contribution in [0.25, 0.3) is 0 Å². The van der Waals surface area contributed by atoms with Crippen LogP contribution in [0.2, 0.25) is 0 Å². The van der Waals surface area contributed by atoms with E-state index < -0.39 is 4.92 Å². The highest BCUT2D eigenvalue weighted by molar-refractivity contribution is 5.97. The second-order valence-electron chi connectivity index (χ2n) is 3.20. The Kier molecular flexibility index (Phi) is 2.03. The Labute approximate surface area is 85.0 Å². The minimum Gasteiger partial charge on any atom is -0.475 e. The van der Waals surface area contributed by atoms with Crippen LogP contribution in [-0.2, 0) is 4.79 Å². The quantitative estimate of drug-likeness (QED) is 0.556. The van der Waals surface area contributed by atoms with Gasteiger partial charge in [0.25, 0.3) is 5.91 Å². The van der Waals surface area contributed by atoms with Crippen molar-refractivity contribution in [3.05, 3.63) is 27.8 Å². The van der Waals surface area contributed by atoms with Crippen molar-refractivity contribution in [3.8, 4) is 5.75 Å². The number of nitrogens with zero attached hydrogens (tertiary/aromatic N) is 1. The summed E-state index contributed by atoms with van der Waals surface area (Å²) in [6.45, 7) is 1.56. The molecule has 0 radical (unpaired) electrons. The maximum Gasteiger partial charge on any atom is 0.313 e. The number of nitro groups is 1. The van der Waals surface area contributed by atoms with Crippen LogP contribution in [0, 0.1) is 17.0 Å². The molecule has 1 aromatic carbocycles. The van der Waals surface area contributed by atoms with Crippen molar-refractivity contribution < 1.29 is 14.5 Å². The van der Waals surface area contributed by atoms with E-state index in [4.69, 9.17) is 4.74 Å². The van der Waals surface area contributed by atoms with Crippen molar-refractivity contribution in [2.45, 2.75) is 6.92 Å². The predicted molar refractivity (Wildman–Crippen MR) is 52.0 cm³/mol. The largest absolute Gasteiger partial charge is 0.475 e. The van der Waals surface area contributed by atoms with Gasteiger partial charge in [-0.05, 0) is 12.5 Å². The van der Waals surface area contributed by atoms with Gasteiger partial charge in [-0.3, -0.25) is 14.9 Å². The minimum absolute atomic E-state index is 0.129. The first kappa shape index (κ1) is 9.45. The lowest BCUT2D eigenvalue weighted by molar-refractivity contribution is -0.385. The van der Waals surface area contributed by atoms with E-state index >= 15 is 0 Å². The molecule has 78 valence electrons. The predicted octanol–water partition coefficient (Wildman–Crippen LogP) is 1.23. The summed E-state index contributed by atoms with van der Waals surface area (Å²) in [5.41, 5.74) is 1.000. The molecule has 6 heteroatoms. The molecule has 0 saturated heterocycles. The molecular formula is C9H8N2O4. The normalized spacial score (nSPS) is 13.8. The molecule has 6 nitrogen and oxygen atoms in total. The van der Waals surface area contributed by atoms with Crippen LogP contribution in [-0.4, -0.2) is 17.4 Å². The number of carbonyl (C=O) groups is 1. The number of amides is 1. The van der Waals surface area contributed by atoms with Crippen molar-refractivity contribution in [2.24, 2.45) is 0 Å². The fourth-order valence-corrected chi connectivity index (χ4v) is 1.43. The molecule has 0 unspecified atom stereocenters. The highest BCUT2D eigenvalue weighted by Crippen LogP contribution is 2.39. The molecule has 1 N–H and O–H groups in total. The van der Waals surface area contributed by atoms with Crippen molar-refractivity contribution in [3.63, 3.8) is 0 Å². The van der Waals surface area contributed by atoms with Gasteiger partial charge in [0.15, 0.2) is 6.61 Å². The molecule has 2 rings (SSSR count). The van der Waals surface area contributed by atoms with Crippen LogP contribution in [0.4, 0.5) is 11.4 Å². The van der Waals surface area contributed by atoms with E-state index in [1.54, 1.807) is 13.0 Å². The number of fused-ring (bicyclic) bond motifs is 1. The van der Waals surface area contributed by atoms with Gasteiger partial charge in [-0.2, -0.15) is 0 Å². The number of ether oxygens (including phenoxy) is 1. The van der Waals surface area contributed by atoms with Crippen LogP contribution in [0.1, 0.15) is 5.56 Å². The Bertz CT molecular complexity index is 456. The lowest BCUT2D eigenvalue weighted by atomic mass is 10.1. The average molecular weight is 208 g/mol.